The summed E-state index contributed by atoms with van der Waals surface area (Å²) in [6.45, 7) is 1.92. The molecule has 0 amide bonds. The van der Waals surface area contributed by atoms with Gasteiger partial charge < -0.3 is 0 Å². The van der Waals surface area contributed by atoms with Crippen molar-refractivity contribution in [3.8, 4) is 0 Å². The minimum absolute atomic E-state index is 0.231. The lowest BCUT2D eigenvalue weighted by Crippen LogP contribution is -2.13. The largest absolute Gasteiger partial charge is 0.280 e. The highest BCUT2D eigenvalue weighted by molar-refractivity contribution is 7.93. The van der Waals surface area contributed by atoms with Crippen LogP contribution in [-0.2, 0) is 10.0 Å². The number of nitrogens with one attached hydrogen (secondary N) is 1. The number of anilines is 1. The molecule has 0 aliphatic heterocycles. The van der Waals surface area contributed by atoms with E-state index in [1.807, 2.05) is 43.3 Å². The molecular formula is C20H16N2O2S. The van der Waals surface area contributed by atoms with E-state index < -0.39 is 10.0 Å². The van der Waals surface area contributed by atoms with Gasteiger partial charge in [-0.2, -0.15) is 0 Å². The van der Waals surface area contributed by atoms with E-state index in [2.05, 4.69) is 9.71 Å². The van der Waals surface area contributed by atoms with E-state index in [-0.39, 0.29) is 4.90 Å². The second kappa shape index (κ2) is 5.86. The smallest absolute Gasteiger partial charge is 0.262 e. The summed E-state index contributed by atoms with van der Waals surface area (Å²) >= 11 is 0. The van der Waals surface area contributed by atoms with E-state index in [1.54, 1.807) is 36.5 Å². The number of aryl methyl sites for hydroxylation is 1. The van der Waals surface area contributed by atoms with E-state index in [0.29, 0.717) is 16.6 Å². The fraction of sp³-hybridized carbons (Fsp3) is 0.0500. The topological polar surface area (TPSA) is 59.1 Å². The number of nitrogens with zero attached hydrogens (tertiary/aromatic N) is 1. The molecule has 4 aromatic rings. The normalized spacial score (nSPS) is 11.7. The predicted octanol–water partition coefficient (Wildman–Crippen LogP) is 4.50. The third kappa shape index (κ3) is 2.83. The fourth-order valence-electron chi connectivity index (χ4n) is 2.99. The number of fused-ring (bicyclic) bond motifs is 2. The van der Waals surface area contributed by atoms with Gasteiger partial charge in [0.2, 0.25) is 0 Å². The summed E-state index contributed by atoms with van der Waals surface area (Å²) in [5, 5.41) is 2.67. The van der Waals surface area contributed by atoms with Crippen LogP contribution in [0.2, 0.25) is 0 Å². The summed E-state index contributed by atoms with van der Waals surface area (Å²) in [6.07, 6.45) is 1.67. The first-order valence-electron chi connectivity index (χ1n) is 7.90. The van der Waals surface area contributed by atoms with Crippen LogP contribution >= 0.6 is 0 Å². The summed E-state index contributed by atoms with van der Waals surface area (Å²) in [5.74, 6) is 0. The van der Waals surface area contributed by atoms with Crippen molar-refractivity contribution in [1.29, 1.82) is 0 Å². The van der Waals surface area contributed by atoms with Crippen molar-refractivity contribution in [2.24, 2.45) is 0 Å². The Hall–Kier alpha value is -2.92. The molecule has 0 spiro atoms. The molecule has 5 heteroatoms. The van der Waals surface area contributed by atoms with Crippen LogP contribution in [0.15, 0.2) is 77.8 Å². The van der Waals surface area contributed by atoms with Gasteiger partial charge in [0.1, 0.15) is 0 Å². The van der Waals surface area contributed by atoms with Crippen LogP contribution in [0.5, 0.6) is 0 Å². The zero-order valence-corrected chi connectivity index (χ0v) is 14.4. The quantitative estimate of drug-likeness (QED) is 0.593. The maximum absolute atomic E-state index is 12.9. The lowest BCUT2D eigenvalue weighted by molar-refractivity contribution is 0.602. The van der Waals surface area contributed by atoms with Crippen molar-refractivity contribution < 1.29 is 8.42 Å². The Balaban J connectivity index is 1.80. The van der Waals surface area contributed by atoms with E-state index in [9.17, 15) is 8.42 Å². The second-order valence-corrected chi connectivity index (χ2v) is 7.60. The molecule has 3 aromatic carbocycles. The van der Waals surface area contributed by atoms with Crippen molar-refractivity contribution in [2.45, 2.75) is 11.8 Å². The van der Waals surface area contributed by atoms with Gasteiger partial charge in [-0.1, -0.05) is 36.4 Å². The molecule has 0 radical (unpaired) electrons. The number of sulfonamides is 1. The molecule has 0 fully saturated rings. The van der Waals surface area contributed by atoms with Crippen molar-refractivity contribution in [3.05, 3.63) is 78.5 Å². The highest BCUT2D eigenvalue weighted by atomic mass is 32.2. The number of hydrogen-bond acceptors (Lipinski definition) is 3. The van der Waals surface area contributed by atoms with E-state index >= 15 is 0 Å². The molecule has 4 nitrogen and oxygen atoms in total. The Labute approximate surface area is 146 Å². The average molecular weight is 348 g/mol. The van der Waals surface area contributed by atoms with Gasteiger partial charge in [-0.25, -0.2) is 8.42 Å². The minimum atomic E-state index is -3.72. The van der Waals surface area contributed by atoms with Crippen molar-refractivity contribution >= 4 is 37.4 Å². The number of hydrogen-bond donors (Lipinski definition) is 1. The summed E-state index contributed by atoms with van der Waals surface area (Å²) in [7, 11) is -3.72. The van der Waals surface area contributed by atoms with Gasteiger partial charge in [-0.05, 0) is 53.6 Å². The average Bonchev–Trinajstić information content (AvgIpc) is 2.61. The Kier molecular flexibility index (Phi) is 3.66. The van der Waals surface area contributed by atoms with Gasteiger partial charge in [0.25, 0.3) is 10.0 Å². The first-order valence-corrected chi connectivity index (χ1v) is 9.39. The molecule has 0 bridgehead atoms. The highest BCUT2D eigenvalue weighted by Crippen LogP contribution is 2.27. The zero-order chi connectivity index (χ0) is 17.4. The van der Waals surface area contributed by atoms with Crippen LogP contribution in [0.25, 0.3) is 21.7 Å². The van der Waals surface area contributed by atoms with Crippen LogP contribution < -0.4 is 4.72 Å². The predicted molar refractivity (Wildman–Crippen MR) is 101 cm³/mol. The molecule has 1 aromatic heterocycles. The monoisotopic (exact) mass is 348 g/mol. The molecule has 0 aliphatic carbocycles. The molecule has 0 saturated heterocycles. The maximum Gasteiger partial charge on any atom is 0.262 e. The van der Waals surface area contributed by atoms with Crippen molar-refractivity contribution in [3.63, 3.8) is 0 Å². The molecule has 0 unspecified atom stereocenters. The van der Waals surface area contributed by atoms with E-state index in [1.165, 1.54) is 0 Å². The molecule has 1 N–H and O–H groups in total. The summed E-state index contributed by atoms with van der Waals surface area (Å²) in [6, 6.07) is 20.3. The Morgan fingerprint density at radius 1 is 0.880 bits per heavy atom. The van der Waals surface area contributed by atoms with Gasteiger partial charge >= 0.3 is 0 Å². The maximum atomic E-state index is 12.9. The van der Waals surface area contributed by atoms with Crippen LogP contribution in [-0.4, -0.2) is 13.4 Å². The SMILES string of the molecule is Cc1ccc(S(=O)(=O)Nc2ccc3ccccc3c2)c2cccnc12. The van der Waals surface area contributed by atoms with Gasteiger partial charge in [-0.3, -0.25) is 9.71 Å². The Bertz CT molecular complexity index is 1200. The number of rotatable bonds is 3. The third-order valence-corrected chi connectivity index (χ3v) is 5.66. The molecule has 0 aliphatic rings. The molecule has 1 heterocycles. The van der Waals surface area contributed by atoms with E-state index in [0.717, 1.165) is 16.3 Å². The summed E-state index contributed by atoms with van der Waals surface area (Å²) in [4.78, 5) is 4.54. The first kappa shape index (κ1) is 15.6. The molecule has 25 heavy (non-hydrogen) atoms. The van der Waals surface area contributed by atoms with Crippen LogP contribution in [0.1, 0.15) is 5.56 Å². The molecular weight excluding hydrogens is 332 g/mol. The Morgan fingerprint density at radius 3 is 2.52 bits per heavy atom. The van der Waals surface area contributed by atoms with Crippen LogP contribution in [0, 0.1) is 6.92 Å². The first-order chi connectivity index (χ1) is 12.0. The van der Waals surface area contributed by atoms with Crippen molar-refractivity contribution in [1.82, 2.24) is 4.98 Å². The van der Waals surface area contributed by atoms with Gasteiger partial charge in [-0.15, -0.1) is 0 Å². The number of benzene rings is 3. The lowest BCUT2D eigenvalue weighted by atomic mass is 10.1. The van der Waals surface area contributed by atoms with Crippen molar-refractivity contribution in [2.75, 3.05) is 4.72 Å². The molecule has 0 atom stereocenters. The lowest BCUT2D eigenvalue weighted by Gasteiger charge is -2.12. The zero-order valence-electron chi connectivity index (χ0n) is 13.6. The number of aromatic nitrogens is 1. The fourth-order valence-corrected chi connectivity index (χ4v) is 4.23. The van der Waals surface area contributed by atoms with Gasteiger partial charge in [0.05, 0.1) is 10.4 Å². The third-order valence-electron chi connectivity index (χ3n) is 4.22. The van der Waals surface area contributed by atoms with E-state index in [4.69, 9.17) is 0 Å². The van der Waals surface area contributed by atoms with Gasteiger partial charge in [0.15, 0.2) is 0 Å². The standard InChI is InChI=1S/C20H16N2O2S/c1-14-8-11-19(18-7-4-12-21-20(14)18)25(23,24)22-17-10-9-15-5-2-3-6-16(15)13-17/h2-13,22H,1H3. The second-order valence-electron chi connectivity index (χ2n) is 5.95. The van der Waals surface area contributed by atoms with Crippen LogP contribution in [0.4, 0.5) is 5.69 Å². The molecule has 4 rings (SSSR count). The molecule has 124 valence electrons. The summed E-state index contributed by atoms with van der Waals surface area (Å²) in [5.41, 5.74) is 2.18. The van der Waals surface area contributed by atoms with Crippen LogP contribution in [0.3, 0.4) is 0 Å². The highest BCUT2D eigenvalue weighted by Gasteiger charge is 2.18. The Morgan fingerprint density at radius 2 is 1.68 bits per heavy atom. The summed E-state index contributed by atoms with van der Waals surface area (Å²) < 4.78 is 28.5. The van der Waals surface area contributed by atoms with Gasteiger partial charge in [0, 0.05) is 17.3 Å². The number of pyridine rings is 1. The minimum Gasteiger partial charge on any atom is -0.280 e. The molecule has 0 saturated carbocycles.